The fourth-order valence-corrected chi connectivity index (χ4v) is 7.75. The average Bonchev–Trinajstić information content (AvgIpc) is 3.17. The number of β-lactam (4-membered cyclic amide) rings is 1. The molecular formula is C31H41N3O7SSi. The van der Waals surface area contributed by atoms with Crippen molar-refractivity contribution in [3.63, 3.8) is 0 Å². The van der Waals surface area contributed by atoms with E-state index in [1.54, 1.807) is 13.1 Å². The van der Waals surface area contributed by atoms with Crippen LogP contribution in [0.1, 0.15) is 45.9 Å². The fraction of sp³-hybridized carbons (Fsp3) is 0.516. The van der Waals surface area contributed by atoms with Crippen LogP contribution in [0.15, 0.2) is 59.3 Å². The summed E-state index contributed by atoms with van der Waals surface area (Å²) in [7, 11) is -2.09. The molecule has 1 aromatic heterocycles. The van der Waals surface area contributed by atoms with Crippen molar-refractivity contribution >= 4 is 37.6 Å². The molecule has 1 saturated heterocycles. The molecule has 1 unspecified atom stereocenters. The number of carbonyl (C=O) groups is 2. The van der Waals surface area contributed by atoms with Crippen molar-refractivity contribution in [2.45, 2.75) is 83.2 Å². The van der Waals surface area contributed by atoms with Crippen molar-refractivity contribution < 1.29 is 28.8 Å². The van der Waals surface area contributed by atoms with Gasteiger partial charge in [-0.3, -0.25) is 19.9 Å². The molecule has 1 N–H and O–H groups in total. The summed E-state index contributed by atoms with van der Waals surface area (Å²) >= 11 is 1.52. The Labute approximate surface area is 258 Å². The maximum absolute atomic E-state index is 13.7. The molecule has 1 amide bonds. The number of nitrogens with zero attached hydrogens (tertiary/aromatic N) is 3. The number of benzene rings is 1. The number of fused-ring (bicyclic) bond motifs is 1. The Morgan fingerprint density at radius 1 is 1.21 bits per heavy atom. The quantitative estimate of drug-likeness (QED) is 0.107. The number of pyridine rings is 1. The highest BCUT2D eigenvalue weighted by Crippen LogP contribution is 2.52. The molecule has 1 fully saturated rings. The summed E-state index contributed by atoms with van der Waals surface area (Å²) in [4.78, 5) is 44.1. The molecule has 3 heterocycles. The van der Waals surface area contributed by atoms with Gasteiger partial charge in [-0.15, -0.1) is 11.8 Å². The van der Waals surface area contributed by atoms with Crippen molar-refractivity contribution in [1.82, 2.24) is 9.88 Å². The monoisotopic (exact) mass is 627 g/mol. The normalized spacial score (nSPS) is 21.7. The number of aliphatic hydroxyl groups is 1. The number of non-ortho nitro benzene ring substituents is 1. The van der Waals surface area contributed by atoms with Crippen LogP contribution in [0.2, 0.25) is 18.1 Å². The third-order valence-corrected chi connectivity index (χ3v) is 14.7. The van der Waals surface area contributed by atoms with E-state index in [9.17, 15) is 24.8 Å². The van der Waals surface area contributed by atoms with Gasteiger partial charge >= 0.3 is 5.97 Å². The molecule has 0 saturated carbocycles. The number of rotatable bonds is 12. The summed E-state index contributed by atoms with van der Waals surface area (Å²) in [5, 5.41) is 21.3. The number of nitro benzene ring substituents is 1. The number of hydrogen-bond acceptors (Lipinski definition) is 9. The fourth-order valence-electron chi connectivity index (χ4n) is 5.18. The van der Waals surface area contributed by atoms with E-state index in [4.69, 9.17) is 9.16 Å². The first kappa shape index (κ1) is 32.8. The highest BCUT2D eigenvalue weighted by Gasteiger charge is 2.60. The van der Waals surface area contributed by atoms with Crippen LogP contribution in [0.5, 0.6) is 0 Å². The van der Waals surface area contributed by atoms with Gasteiger partial charge in [0, 0.05) is 53.1 Å². The van der Waals surface area contributed by atoms with Crippen molar-refractivity contribution in [1.29, 1.82) is 0 Å². The van der Waals surface area contributed by atoms with Crippen LogP contribution in [-0.2, 0) is 31.8 Å². The molecule has 2 aliphatic heterocycles. The first-order chi connectivity index (χ1) is 20.1. The Morgan fingerprint density at radius 2 is 1.88 bits per heavy atom. The summed E-state index contributed by atoms with van der Waals surface area (Å²) in [6, 6.07) is 11.2. The highest BCUT2D eigenvalue weighted by atomic mass is 32.2. The van der Waals surface area contributed by atoms with E-state index in [1.807, 2.05) is 25.1 Å². The number of nitro groups is 1. The Morgan fingerprint density at radius 3 is 2.44 bits per heavy atom. The van der Waals surface area contributed by atoms with E-state index in [0.717, 1.165) is 10.6 Å². The number of amides is 1. The zero-order valence-corrected chi connectivity index (χ0v) is 27.6. The van der Waals surface area contributed by atoms with Gasteiger partial charge in [-0.2, -0.15) is 0 Å². The van der Waals surface area contributed by atoms with Gasteiger partial charge in [0.25, 0.3) is 5.69 Å². The van der Waals surface area contributed by atoms with Gasteiger partial charge < -0.3 is 19.2 Å². The van der Waals surface area contributed by atoms with E-state index in [0.29, 0.717) is 18.6 Å². The Balaban J connectivity index is 1.63. The highest BCUT2D eigenvalue weighted by molar-refractivity contribution is 8.03. The lowest BCUT2D eigenvalue weighted by Crippen LogP contribution is -2.63. The third kappa shape index (κ3) is 7.03. The van der Waals surface area contributed by atoms with Gasteiger partial charge in [0.1, 0.15) is 12.3 Å². The zero-order valence-electron chi connectivity index (χ0n) is 25.8. The Hall–Kier alpha value is -3.06. The number of aromatic nitrogens is 1. The molecule has 10 nitrogen and oxygen atoms in total. The number of thioether (sulfide) groups is 1. The zero-order chi connectivity index (χ0) is 31.7. The van der Waals surface area contributed by atoms with Gasteiger partial charge in [0.15, 0.2) is 8.32 Å². The van der Waals surface area contributed by atoms with Crippen LogP contribution in [0.4, 0.5) is 5.69 Å². The molecular weight excluding hydrogens is 587 g/mol. The number of aliphatic hydroxyl groups excluding tert-OH is 1. The van der Waals surface area contributed by atoms with Crippen LogP contribution in [0.3, 0.4) is 0 Å². The second kappa shape index (κ2) is 12.9. The predicted molar refractivity (Wildman–Crippen MR) is 167 cm³/mol. The van der Waals surface area contributed by atoms with Gasteiger partial charge in [-0.05, 0) is 54.9 Å². The minimum atomic E-state index is -2.09. The van der Waals surface area contributed by atoms with Crippen molar-refractivity contribution in [3.8, 4) is 0 Å². The summed E-state index contributed by atoms with van der Waals surface area (Å²) < 4.78 is 12.3. The van der Waals surface area contributed by atoms with Crippen molar-refractivity contribution in [2.75, 3.05) is 6.61 Å². The van der Waals surface area contributed by atoms with E-state index < -0.39 is 31.2 Å². The predicted octanol–water partition coefficient (Wildman–Crippen LogP) is 5.47. The molecule has 4 rings (SSSR count). The van der Waals surface area contributed by atoms with Crippen molar-refractivity contribution in [3.05, 3.63) is 80.6 Å². The number of esters is 1. The van der Waals surface area contributed by atoms with Crippen LogP contribution >= 0.6 is 11.8 Å². The van der Waals surface area contributed by atoms with Crippen LogP contribution in [0, 0.1) is 22.0 Å². The summed E-state index contributed by atoms with van der Waals surface area (Å²) in [6.07, 6.45) is 1.49. The Kier molecular flexibility index (Phi) is 9.84. The van der Waals surface area contributed by atoms with E-state index in [-0.39, 0.29) is 46.1 Å². The Bertz CT molecular complexity index is 1380. The van der Waals surface area contributed by atoms with Gasteiger partial charge in [-0.1, -0.05) is 33.8 Å². The maximum atomic E-state index is 13.7. The first-order valence-electron chi connectivity index (χ1n) is 14.5. The van der Waals surface area contributed by atoms with Gasteiger partial charge in [-0.25, -0.2) is 4.79 Å². The number of carbonyl (C=O) groups excluding carboxylic acids is 2. The molecule has 2 aromatic rings. The third-order valence-electron chi connectivity index (χ3n) is 8.71. The summed E-state index contributed by atoms with van der Waals surface area (Å²) in [5.74, 6) is -1.76. The lowest BCUT2D eigenvalue weighted by Gasteiger charge is -2.46. The molecule has 12 heteroatoms. The summed E-state index contributed by atoms with van der Waals surface area (Å²) in [5.41, 5.74) is 1.63. The van der Waals surface area contributed by atoms with Gasteiger partial charge in [0.05, 0.1) is 23.0 Å². The minimum absolute atomic E-state index is 0.0156. The van der Waals surface area contributed by atoms with Crippen molar-refractivity contribution in [2.24, 2.45) is 11.8 Å². The van der Waals surface area contributed by atoms with Crippen LogP contribution in [-0.4, -0.2) is 64.1 Å². The lowest BCUT2D eigenvalue weighted by atomic mass is 9.79. The molecule has 43 heavy (non-hydrogen) atoms. The smallest absolute Gasteiger partial charge is 0.356 e. The van der Waals surface area contributed by atoms with E-state index in [1.165, 1.54) is 40.9 Å². The SMILES string of the molecule is C[C@@H](O)[C@H]1C(=O)N2C(C(=O)OCc3ccc([N+](=O)[O-])cc3)=C(SC(CO[Si](C)(C)C(C)(C)C)Cc3ccccn3)[C@H](C)[C@H]12. The largest absolute Gasteiger partial charge is 0.456 e. The average molecular weight is 628 g/mol. The number of ether oxygens (including phenoxy) is 1. The molecule has 1 aromatic carbocycles. The number of hydrogen-bond donors (Lipinski definition) is 1. The minimum Gasteiger partial charge on any atom is -0.456 e. The standard InChI is InChI=1S/C31H41N3O7SSi/c1-19-26-25(20(2)35)29(36)33(26)27(30(37)40-17-21-11-13-23(14-12-21)34(38)39)28(19)42-24(16-22-10-8-9-15-32-22)18-41-43(6,7)31(3,4)5/h8-15,19-20,24-26,35H,16-18H2,1-7H3/t19-,20-,24?,25-,26-/m1/s1. The van der Waals surface area contributed by atoms with Crippen LogP contribution < -0.4 is 0 Å². The lowest BCUT2D eigenvalue weighted by molar-refractivity contribution is -0.384. The molecule has 232 valence electrons. The molecule has 5 atom stereocenters. The molecule has 2 aliphatic rings. The molecule has 0 spiro atoms. The molecule has 0 radical (unpaired) electrons. The molecule has 0 bridgehead atoms. The second-order valence-electron chi connectivity index (χ2n) is 12.8. The second-order valence-corrected chi connectivity index (χ2v) is 19.0. The maximum Gasteiger partial charge on any atom is 0.356 e. The molecule has 0 aliphatic carbocycles. The van der Waals surface area contributed by atoms with E-state index in [2.05, 4.69) is 38.8 Å². The topological polar surface area (TPSA) is 132 Å². The van der Waals surface area contributed by atoms with E-state index >= 15 is 0 Å². The van der Waals surface area contributed by atoms with Crippen LogP contribution in [0.25, 0.3) is 0 Å². The summed E-state index contributed by atoms with van der Waals surface area (Å²) in [6.45, 7) is 14.9. The first-order valence-corrected chi connectivity index (χ1v) is 18.3. The van der Waals surface area contributed by atoms with Gasteiger partial charge in [0.2, 0.25) is 5.91 Å².